The van der Waals surface area contributed by atoms with Crippen LogP contribution in [0.25, 0.3) is 21.2 Å². The van der Waals surface area contributed by atoms with Crippen LogP contribution in [0.1, 0.15) is 21.7 Å². The quantitative estimate of drug-likeness (QED) is 0.489. The van der Waals surface area contributed by atoms with Crippen molar-refractivity contribution < 1.29 is 9.21 Å². The molecule has 4 aromatic rings. The van der Waals surface area contributed by atoms with E-state index in [1.807, 2.05) is 18.4 Å². The van der Waals surface area contributed by atoms with E-state index < -0.39 is 5.91 Å². The van der Waals surface area contributed by atoms with E-state index in [0.717, 1.165) is 21.3 Å². The lowest BCUT2D eigenvalue weighted by Crippen LogP contribution is -2.17. The molecular weight excluding hydrogens is 372 g/mol. The summed E-state index contributed by atoms with van der Waals surface area (Å²) in [6, 6.07) is 12.2. The van der Waals surface area contributed by atoms with Gasteiger partial charge in [0.2, 0.25) is 0 Å². The fourth-order valence-corrected chi connectivity index (χ4v) is 4.54. The Labute approximate surface area is 164 Å². The van der Waals surface area contributed by atoms with E-state index >= 15 is 0 Å². The normalized spacial score (nSPS) is 12.0. The zero-order chi connectivity index (χ0) is 19.8. The van der Waals surface area contributed by atoms with E-state index in [1.165, 1.54) is 17.4 Å². The first kappa shape index (κ1) is 18.1. The molecule has 5 nitrogen and oxygen atoms in total. The van der Waals surface area contributed by atoms with E-state index in [-0.39, 0.29) is 11.2 Å². The summed E-state index contributed by atoms with van der Waals surface area (Å²) in [5, 5.41) is 0.439. The SMILES string of the molecule is C=CCn1c(=NC(=O)c2cc(=O)c3ccccc3o2)sc2cc(C)cc(C)c21. The van der Waals surface area contributed by atoms with Crippen molar-refractivity contribution in [2.75, 3.05) is 0 Å². The number of carbonyl (C=O) groups excluding carboxylic acids is 1. The van der Waals surface area contributed by atoms with Crippen molar-refractivity contribution in [3.05, 3.63) is 87.0 Å². The number of allylic oxidation sites excluding steroid dienone is 1. The Morgan fingerprint density at radius 2 is 2.04 bits per heavy atom. The lowest BCUT2D eigenvalue weighted by molar-refractivity contribution is 0.0972. The highest BCUT2D eigenvalue weighted by Crippen LogP contribution is 2.23. The molecule has 1 amide bonds. The van der Waals surface area contributed by atoms with Gasteiger partial charge in [-0.05, 0) is 43.2 Å². The molecule has 0 aliphatic carbocycles. The maximum Gasteiger partial charge on any atom is 0.315 e. The van der Waals surface area contributed by atoms with Crippen LogP contribution in [0.3, 0.4) is 0 Å². The minimum absolute atomic E-state index is 0.0702. The fraction of sp³-hybridized carbons (Fsp3) is 0.136. The van der Waals surface area contributed by atoms with Gasteiger partial charge in [-0.15, -0.1) is 6.58 Å². The van der Waals surface area contributed by atoms with Gasteiger partial charge < -0.3 is 8.98 Å². The molecule has 0 aliphatic rings. The molecule has 28 heavy (non-hydrogen) atoms. The van der Waals surface area contributed by atoms with Crippen molar-refractivity contribution in [2.24, 2.45) is 4.99 Å². The first-order chi connectivity index (χ1) is 13.5. The van der Waals surface area contributed by atoms with Gasteiger partial charge >= 0.3 is 5.91 Å². The summed E-state index contributed by atoms with van der Waals surface area (Å²) in [6.07, 6.45) is 1.77. The number of para-hydroxylation sites is 1. The van der Waals surface area contributed by atoms with Crippen LogP contribution in [0, 0.1) is 13.8 Å². The van der Waals surface area contributed by atoms with Gasteiger partial charge in [-0.25, -0.2) is 0 Å². The highest BCUT2D eigenvalue weighted by Gasteiger charge is 2.14. The summed E-state index contributed by atoms with van der Waals surface area (Å²) >= 11 is 1.43. The lowest BCUT2D eigenvalue weighted by atomic mass is 10.1. The first-order valence-corrected chi connectivity index (χ1v) is 9.63. The summed E-state index contributed by atoms with van der Waals surface area (Å²) in [7, 11) is 0. The smallest absolute Gasteiger partial charge is 0.315 e. The van der Waals surface area contributed by atoms with E-state index in [9.17, 15) is 9.59 Å². The summed E-state index contributed by atoms with van der Waals surface area (Å²) < 4.78 is 8.63. The number of rotatable bonds is 3. The van der Waals surface area contributed by atoms with Gasteiger partial charge in [-0.1, -0.05) is 35.6 Å². The third-order valence-electron chi connectivity index (χ3n) is 4.47. The van der Waals surface area contributed by atoms with Crippen LogP contribution >= 0.6 is 11.3 Å². The largest absolute Gasteiger partial charge is 0.451 e. The molecule has 140 valence electrons. The molecule has 2 aromatic carbocycles. The van der Waals surface area contributed by atoms with Gasteiger partial charge in [0.25, 0.3) is 0 Å². The molecular formula is C22H18N2O3S. The first-order valence-electron chi connectivity index (χ1n) is 8.81. The van der Waals surface area contributed by atoms with E-state index in [0.29, 0.717) is 22.3 Å². The Morgan fingerprint density at radius 1 is 1.25 bits per heavy atom. The van der Waals surface area contributed by atoms with Crippen LogP contribution in [0.4, 0.5) is 0 Å². The molecule has 4 rings (SSSR count). The maximum atomic E-state index is 12.8. The highest BCUT2D eigenvalue weighted by atomic mass is 32.1. The molecule has 0 aliphatic heterocycles. The molecule has 2 aromatic heterocycles. The molecule has 0 unspecified atom stereocenters. The van der Waals surface area contributed by atoms with Crippen molar-refractivity contribution in [1.82, 2.24) is 4.57 Å². The average molecular weight is 390 g/mol. The second-order valence-electron chi connectivity index (χ2n) is 6.60. The number of fused-ring (bicyclic) bond motifs is 2. The predicted octanol–water partition coefficient (Wildman–Crippen LogP) is 4.35. The summed E-state index contributed by atoms with van der Waals surface area (Å²) in [5.41, 5.74) is 3.40. The van der Waals surface area contributed by atoms with E-state index in [4.69, 9.17) is 4.42 Å². The predicted molar refractivity (Wildman–Crippen MR) is 112 cm³/mol. The van der Waals surface area contributed by atoms with Crippen LogP contribution < -0.4 is 10.2 Å². The van der Waals surface area contributed by atoms with Crippen molar-refractivity contribution in [2.45, 2.75) is 20.4 Å². The third kappa shape index (κ3) is 3.12. The molecule has 6 heteroatoms. The second kappa shape index (κ2) is 7.05. The molecule has 0 fully saturated rings. The van der Waals surface area contributed by atoms with E-state index in [1.54, 1.807) is 30.3 Å². The number of aromatic nitrogens is 1. The Morgan fingerprint density at radius 3 is 2.82 bits per heavy atom. The van der Waals surface area contributed by atoms with E-state index in [2.05, 4.69) is 23.7 Å². The molecule has 0 saturated heterocycles. The number of thiazole rings is 1. The maximum absolute atomic E-state index is 12.8. The molecule has 0 saturated carbocycles. The van der Waals surface area contributed by atoms with Crippen molar-refractivity contribution in [3.8, 4) is 0 Å². The number of hydrogen-bond donors (Lipinski definition) is 0. The Bertz CT molecular complexity index is 1370. The molecule has 0 N–H and O–H groups in total. The second-order valence-corrected chi connectivity index (χ2v) is 7.61. The van der Waals surface area contributed by atoms with Crippen molar-refractivity contribution in [3.63, 3.8) is 0 Å². The number of nitrogens with zero attached hydrogens (tertiary/aromatic N) is 2. The third-order valence-corrected chi connectivity index (χ3v) is 5.49. The summed E-state index contributed by atoms with van der Waals surface area (Å²) in [6.45, 7) is 8.41. The number of carbonyl (C=O) groups is 1. The van der Waals surface area contributed by atoms with Gasteiger partial charge in [0.1, 0.15) is 5.58 Å². The van der Waals surface area contributed by atoms with Crippen LogP contribution in [-0.2, 0) is 6.54 Å². The Balaban J connectivity index is 1.91. The Hall–Kier alpha value is -3.25. The molecule has 0 atom stereocenters. The zero-order valence-electron chi connectivity index (χ0n) is 15.6. The van der Waals surface area contributed by atoms with Crippen molar-refractivity contribution >= 4 is 38.4 Å². The Kier molecular flexibility index (Phi) is 4.57. The van der Waals surface area contributed by atoms with Crippen LogP contribution in [0.5, 0.6) is 0 Å². The topological polar surface area (TPSA) is 64.6 Å². The molecule has 0 radical (unpaired) electrons. The summed E-state index contributed by atoms with van der Waals surface area (Å²) in [5.74, 6) is -0.652. The number of hydrogen-bond acceptors (Lipinski definition) is 4. The average Bonchev–Trinajstić information content (AvgIpc) is 2.99. The zero-order valence-corrected chi connectivity index (χ0v) is 16.4. The molecule has 2 heterocycles. The van der Waals surface area contributed by atoms with Crippen LogP contribution in [0.2, 0.25) is 0 Å². The van der Waals surface area contributed by atoms with Crippen molar-refractivity contribution in [1.29, 1.82) is 0 Å². The van der Waals surface area contributed by atoms with Gasteiger partial charge in [-0.3, -0.25) is 9.59 Å². The number of amides is 1. The lowest BCUT2D eigenvalue weighted by Gasteiger charge is -2.05. The summed E-state index contributed by atoms with van der Waals surface area (Å²) in [4.78, 5) is 29.9. The highest BCUT2D eigenvalue weighted by molar-refractivity contribution is 7.16. The number of aryl methyl sites for hydroxylation is 2. The van der Waals surface area contributed by atoms with Gasteiger partial charge in [0.15, 0.2) is 16.0 Å². The monoisotopic (exact) mass is 390 g/mol. The molecule has 0 bridgehead atoms. The van der Waals surface area contributed by atoms with Gasteiger partial charge in [0.05, 0.1) is 15.6 Å². The van der Waals surface area contributed by atoms with Crippen LogP contribution in [-0.4, -0.2) is 10.5 Å². The van der Waals surface area contributed by atoms with Gasteiger partial charge in [0, 0.05) is 12.6 Å². The van der Waals surface area contributed by atoms with Gasteiger partial charge in [-0.2, -0.15) is 4.99 Å². The van der Waals surface area contributed by atoms with Crippen LogP contribution in [0.15, 0.2) is 69.3 Å². The molecule has 0 spiro atoms. The minimum Gasteiger partial charge on any atom is -0.451 e. The fourth-order valence-electron chi connectivity index (χ4n) is 3.33. The standard InChI is InChI=1S/C22H18N2O3S/c1-4-9-24-20-14(3)10-13(2)11-19(20)28-22(24)23-21(26)18-12-16(25)15-7-5-6-8-17(15)27-18/h4-8,10-12H,1,9H2,2-3H3. The number of benzene rings is 2. The minimum atomic E-state index is -0.582.